The fourth-order valence-electron chi connectivity index (χ4n) is 1.59. The van der Waals surface area contributed by atoms with Gasteiger partial charge in [0.2, 0.25) is 0 Å². The summed E-state index contributed by atoms with van der Waals surface area (Å²) in [5.74, 6) is -0.286. The largest absolute Gasteiger partial charge is 0.396 e. The van der Waals surface area contributed by atoms with Crippen molar-refractivity contribution in [2.75, 3.05) is 17.3 Å². The first kappa shape index (κ1) is 15.0. The average Bonchev–Trinajstić information content (AvgIpc) is 2.45. The van der Waals surface area contributed by atoms with Gasteiger partial charge in [0.25, 0.3) is 5.91 Å². The van der Waals surface area contributed by atoms with Gasteiger partial charge in [-0.05, 0) is 42.7 Å². The Morgan fingerprint density at radius 2 is 1.70 bits per heavy atom. The van der Waals surface area contributed by atoms with Gasteiger partial charge in [-0.2, -0.15) is 0 Å². The van der Waals surface area contributed by atoms with Crippen molar-refractivity contribution >= 4 is 52.2 Å². The quantitative estimate of drug-likeness (QED) is 0.642. The molecule has 0 unspecified atom stereocenters. The predicted molar refractivity (Wildman–Crippen MR) is 87.1 cm³/mol. The number of hydrogen-bond acceptors (Lipinski definition) is 3. The van der Waals surface area contributed by atoms with Gasteiger partial charge in [-0.25, -0.2) is 0 Å². The first-order valence-corrected chi connectivity index (χ1v) is 7.69. The number of amides is 1. The van der Waals surface area contributed by atoms with Crippen molar-refractivity contribution in [3.63, 3.8) is 0 Å². The minimum absolute atomic E-state index is 0.264. The summed E-state index contributed by atoms with van der Waals surface area (Å²) in [6, 6.07) is 10.5. The van der Waals surface area contributed by atoms with E-state index in [4.69, 9.17) is 28.9 Å². The van der Waals surface area contributed by atoms with E-state index in [0.717, 1.165) is 4.90 Å². The highest BCUT2D eigenvalue weighted by atomic mass is 35.5. The molecule has 0 bridgehead atoms. The highest BCUT2D eigenvalue weighted by molar-refractivity contribution is 7.98. The Morgan fingerprint density at radius 1 is 1.15 bits per heavy atom. The van der Waals surface area contributed by atoms with E-state index in [9.17, 15) is 4.79 Å². The van der Waals surface area contributed by atoms with Crippen molar-refractivity contribution in [3.05, 3.63) is 52.0 Å². The number of hydrogen-bond donors (Lipinski definition) is 2. The molecule has 0 spiro atoms. The van der Waals surface area contributed by atoms with Crippen molar-refractivity contribution in [2.45, 2.75) is 4.90 Å². The fraction of sp³-hybridized carbons (Fsp3) is 0.0714. The van der Waals surface area contributed by atoms with Gasteiger partial charge >= 0.3 is 0 Å². The summed E-state index contributed by atoms with van der Waals surface area (Å²) in [6.07, 6.45) is 1.99. The van der Waals surface area contributed by atoms with Gasteiger partial charge in [-0.3, -0.25) is 4.79 Å². The second kappa shape index (κ2) is 6.39. The molecular weight excluding hydrogens is 315 g/mol. The lowest BCUT2D eigenvalue weighted by atomic mass is 10.2. The van der Waals surface area contributed by atoms with Crippen LogP contribution in [0.15, 0.2) is 41.3 Å². The van der Waals surface area contributed by atoms with Gasteiger partial charge in [-0.15, -0.1) is 11.8 Å². The minimum atomic E-state index is -0.286. The van der Waals surface area contributed by atoms with E-state index in [1.54, 1.807) is 11.8 Å². The van der Waals surface area contributed by atoms with E-state index < -0.39 is 0 Å². The van der Waals surface area contributed by atoms with Crippen LogP contribution in [0.1, 0.15) is 10.4 Å². The zero-order valence-electron chi connectivity index (χ0n) is 10.6. The Morgan fingerprint density at radius 3 is 2.20 bits per heavy atom. The third kappa shape index (κ3) is 3.39. The topological polar surface area (TPSA) is 55.1 Å². The zero-order chi connectivity index (χ0) is 14.7. The molecule has 0 saturated heterocycles. The second-order valence-electron chi connectivity index (χ2n) is 4.04. The SMILES string of the molecule is CSc1ccc(NC(=O)c2cc(Cl)c(N)c(Cl)c2)cc1. The van der Waals surface area contributed by atoms with Crippen molar-refractivity contribution in [2.24, 2.45) is 0 Å². The van der Waals surface area contributed by atoms with Gasteiger partial charge in [0.05, 0.1) is 15.7 Å². The summed E-state index contributed by atoms with van der Waals surface area (Å²) in [7, 11) is 0. The molecule has 2 rings (SSSR count). The fourth-order valence-corrected chi connectivity index (χ4v) is 2.49. The molecule has 0 saturated carbocycles. The molecular formula is C14H12Cl2N2OS. The summed E-state index contributed by atoms with van der Waals surface area (Å²) < 4.78 is 0. The maximum atomic E-state index is 12.1. The monoisotopic (exact) mass is 326 g/mol. The number of nitrogen functional groups attached to an aromatic ring is 1. The number of nitrogens with two attached hydrogens (primary N) is 1. The molecule has 0 heterocycles. The van der Waals surface area contributed by atoms with E-state index in [2.05, 4.69) is 5.32 Å². The molecule has 3 N–H and O–H groups in total. The number of nitrogens with one attached hydrogen (secondary N) is 1. The highest BCUT2D eigenvalue weighted by Gasteiger charge is 2.11. The van der Waals surface area contributed by atoms with Crippen molar-refractivity contribution < 1.29 is 4.79 Å². The van der Waals surface area contributed by atoms with Crippen LogP contribution in [-0.4, -0.2) is 12.2 Å². The van der Waals surface area contributed by atoms with Gasteiger partial charge in [0.1, 0.15) is 0 Å². The van der Waals surface area contributed by atoms with Crippen LogP contribution in [0.4, 0.5) is 11.4 Å². The number of anilines is 2. The van der Waals surface area contributed by atoms with Crippen LogP contribution in [0.25, 0.3) is 0 Å². The Labute approximate surface area is 131 Å². The number of benzene rings is 2. The van der Waals surface area contributed by atoms with Crippen LogP contribution in [0.2, 0.25) is 10.0 Å². The minimum Gasteiger partial charge on any atom is -0.396 e. The standard InChI is InChI=1S/C14H12Cl2N2OS/c1-20-10-4-2-9(3-5-10)18-14(19)8-6-11(15)13(17)12(16)7-8/h2-7H,17H2,1H3,(H,18,19). The molecule has 0 aliphatic carbocycles. The molecule has 104 valence electrons. The van der Waals surface area contributed by atoms with Crippen LogP contribution >= 0.6 is 35.0 Å². The number of carbonyl (C=O) groups is 1. The summed E-state index contributed by atoms with van der Waals surface area (Å²) in [6.45, 7) is 0. The van der Waals surface area contributed by atoms with Crippen molar-refractivity contribution in [1.29, 1.82) is 0 Å². The average molecular weight is 327 g/mol. The predicted octanol–water partition coefficient (Wildman–Crippen LogP) is 4.55. The van der Waals surface area contributed by atoms with Crippen LogP contribution in [-0.2, 0) is 0 Å². The van der Waals surface area contributed by atoms with E-state index in [1.165, 1.54) is 12.1 Å². The van der Waals surface area contributed by atoms with Gasteiger partial charge in [0.15, 0.2) is 0 Å². The summed E-state index contributed by atoms with van der Waals surface area (Å²) >= 11 is 13.5. The van der Waals surface area contributed by atoms with Crippen molar-refractivity contribution in [1.82, 2.24) is 0 Å². The van der Waals surface area contributed by atoms with E-state index in [0.29, 0.717) is 11.3 Å². The molecule has 0 aromatic heterocycles. The van der Waals surface area contributed by atoms with Crippen LogP contribution in [0.5, 0.6) is 0 Å². The van der Waals surface area contributed by atoms with Gasteiger partial charge < -0.3 is 11.1 Å². The molecule has 1 amide bonds. The number of rotatable bonds is 3. The summed E-state index contributed by atoms with van der Waals surface area (Å²) in [5, 5.41) is 3.31. The molecule has 0 radical (unpaired) electrons. The van der Waals surface area contributed by atoms with Crippen molar-refractivity contribution in [3.8, 4) is 0 Å². The molecule has 0 fully saturated rings. The molecule has 20 heavy (non-hydrogen) atoms. The second-order valence-corrected chi connectivity index (χ2v) is 5.73. The lowest BCUT2D eigenvalue weighted by Gasteiger charge is -2.08. The maximum Gasteiger partial charge on any atom is 0.255 e. The van der Waals surface area contributed by atoms with Gasteiger partial charge in [0, 0.05) is 16.1 Å². The van der Waals surface area contributed by atoms with E-state index in [1.807, 2.05) is 30.5 Å². The molecule has 0 aliphatic heterocycles. The molecule has 3 nitrogen and oxygen atoms in total. The summed E-state index contributed by atoms with van der Waals surface area (Å²) in [5.41, 5.74) is 6.98. The Kier molecular flexibility index (Phi) is 4.81. The maximum absolute atomic E-state index is 12.1. The highest BCUT2D eigenvalue weighted by Crippen LogP contribution is 2.29. The third-order valence-electron chi connectivity index (χ3n) is 2.69. The molecule has 6 heteroatoms. The summed E-state index contributed by atoms with van der Waals surface area (Å²) in [4.78, 5) is 13.2. The number of thioether (sulfide) groups is 1. The molecule has 2 aromatic rings. The normalized spacial score (nSPS) is 10.3. The number of halogens is 2. The van der Waals surface area contributed by atoms with E-state index in [-0.39, 0.29) is 21.6 Å². The Balaban J connectivity index is 2.19. The molecule has 0 aliphatic rings. The van der Waals surface area contributed by atoms with E-state index >= 15 is 0 Å². The van der Waals surface area contributed by atoms with Crippen LogP contribution in [0.3, 0.4) is 0 Å². The lowest BCUT2D eigenvalue weighted by molar-refractivity contribution is 0.102. The lowest BCUT2D eigenvalue weighted by Crippen LogP contribution is -2.12. The van der Waals surface area contributed by atoms with Gasteiger partial charge in [-0.1, -0.05) is 23.2 Å². The first-order valence-electron chi connectivity index (χ1n) is 5.71. The molecule has 0 atom stereocenters. The smallest absolute Gasteiger partial charge is 0.255 e. The third-order valence-corrected chi connectivity index (χ3v) is 4.06. The number of carbonyl (C=O) groups excluding carboxylic acids is 1. The first-order chi connectivity index (χ1) is 9.51. The zero-order valence-corrected chi connectivity index (χ0v) is 12.9. The van der Waals surface area contributed by atoms with Crippen LogP contribution < -0.4 is 11.1 Å². The Bertz CT molecular complexity index is 621. The molecule has 2 aromatic carbocycles. The van der Waals surface area contributed by atoms with Crippen LogP contribution in [0, 0.1) is 0 Å². The Hall–Kier alpha value is -1.36.